The van der Waals surface area contributed by atoms with Gasteiger partial charge in [0.05, 0.1) is 4.92 Å². The zero-order chi connectivity index (χ0) is 18.5. The van der Waals surface area contributed by atoms with Crippen molar-refractivity contribution < 1.29 is 14.5 Å². The predicted molar refractivity (Wildman–Crippen MR) is 94.6 cm³/mol. The Morgan fingerprint density at radius 2 is 1.81 bits per heavy atom. The topological polar surface area (TPSA) is 107 Å². The van der Waals surface area contributed by atoms with Gasteiger partial charge in [-0.15, -0.1) is 0 Å². The largest absolute Gasteiger partial charge is 0.424 e. The molecule has 3 aromatic rings. The van der Waals surface area contributed by atoms with Crippen molar-refractivity contribution in [2.45, 2.75) is 0 Å². The van der Waals surface area contributed by atoms with Gasteiger partial charge in [-0.05, 0) is 42.5 Å². The van der Waals surface area contributed by atoms with Crippen LogP contribution in [0.5, 0.6) is 11.8 Å². The van der Waals surface area contributed by atoms with Gasteiger partial charge in [-0.1, -0.05) is 11.6 Å². The van der Waals surface area contributed by atoms with Gasteiger partial charge in [0, 0.05) is 29.2 Å². The second-order valence-corrected chi connectivity index (χ2v) is 5.47. The van der Waals surface area contributed by atoms with Gasteiger partial charge in [0.15, 0.2) is 0 Å². The molecule has 1 aromatic heterocycles. The highest BCUT2D eigenvalue weighted by Gasteiger charge is 2.20. The molecule has 130 valence electrons. The quantitative estimate of drug-likeness (QED) is 0.535. The van der Waals surface area contributed by atoms with E-state index in [-0.39, 0.29) is 22.3 Å². The molecule has 0 aliphatic rings. The van der Waals surface area contributed by atoms with Crippen LogP contribution >= 0.6 is 11.6 Å². The SMILES string of the molecule is O=C(Nc1ccc(Oc2ncccn2)cc1)c1ccc(Cl)cc1[N+](=O)[O-]. The summed E-state index contributed by atoms with van der Waals surface area (Å²) < 4.78 is 5.45. The first kappa shape index (κ1) is 17.3. The lowest BCUT2D eigenvalue weighted by Crippen LogP contribution is -2.13. The molecular weight excluding hydrogens is 360 g/mol. The Kier molecular flexibility index (Phi) is 5.04. The van der Waals surface area contributed by atoms with Crippen LogP contribution in [0.3, 0.4) is 0 Å². The van der Waals surface area contributed by atoms with Crippen LogP contribution < -0.4 is 10.1 Å². The maximum Gasteiger partial charge on any atom is 0.321 e. The summed E-state index contributed by atoms with van der Waals surface area (Å²) in [5.74, 6) is -0.139. The highest BCUT2D eigenvalue weighted by atomic mass is 35.5. The smallest absolute Gasteiger partial charge is 0.321 e. The lowest BCUT2D eigenvalue weighted by Gasteiger charge is -2.07. The van der Waals surface area contributed by atoms with Crippen LogP contribution in [-0.4, -0.2) is 20.8 Å². The highest BCUT2D eigenvalue weighted by molar-refractivity contribution is 6.31. The monoisotopic (exact) mass is 370 g/mol. The highest BCUT2D eigenvalue weighted by Crippen LogP contribution is 2.25. The molecule has 1 N–H and O–H groups in total. The van der Waals surface area contributed by atoms with E-state index >= 15 is 0 Å². The molecule has 2 aromatic carbocycles. The number of nitrogens with one attached hydrogen (secondary N) is 1. The Hall–Kier alpha value is -3.52. The average molecular weight is 371 g/mol. The first-order valence-corrected chi connectivity index (χ1v) is 7.71. The van der Waals surface area contributed by atoms with Crippen LogP contribution in [0.25, 0.3) is 0 Å². The molecule has 1 heterocycles. The number of benzene rings is 2. The molecule has 0 saturated heterocycles. The number of nitro groups is 1. The molecule has 0 aliphatic carbocycles. The van der Waals surface area contributed by atoms with E-state index in [9.17, 15) is 14.9 Å². The summed E-state index contributed by atoms with van der Waals surface area (Å²) in [7, 11) is 0. The molecule has 0 radical (unpaired) electrons. The van der Waals surface area contributed by atoms with E-state index < -0.39 is 10.8 Å². The molecule has 0 aliphatic heterocycles. The maximum absolute atomic E-state index is 12.3. The van der Waals surface area contributed by atoms with E-state index in [2.05, 4.69) is 15.3 Å². The molecule has 0 bridgehead atoms. The number of carbonyl (C=O) groups excluding carboxylic acids is 1. The Morgan fingerprint density at radius 1 is 1.12 bits per heavy atom. The van der Waals surface area contributed by atoms with Gasteiger partial charge in [0.1, 0.15) is 11.3 Å². The van der Waals surface area contributed by atoms with Crippen molar-refractivity contribution in [3.05, 3.63) is 81.6 Å². The lowest BCUT2D eigenvalue weighted by atomic mass is 10.1. The van der Waals surface area contributed by atoms with Crippen molar-refractivity contribution in [3.63, 3.8) is 0 Å². The van der Waals surface area contributed by atoms with E-state index in [0.717, 1.165) is 6.07 Å². The second-order valence-electron chi connectivity index (χ2n) is 5.03. The fraction of sp³-hybridized carbons (Fsp3) is 0. The van der Waals surface area contributed by atoms with Crippen LogP contribution in [-0.2, 0) is 0 Å². The van der Waals surface area contributed by atoms with E-state index in [0.29, 0.717) is 11.4 Å². The zero-order valence-electron chi connectivity index (χ0n) is 13.1. The second kappa shape index (κ2) is 7.58. The Labute approximate surface area is 152 Å². The first-order valence-electron chi connectivity index (χ1n) is 7.33. The lowest BCUT2D eigenvalue weighted by molar-refractivity contribution is -0.385. The van der Waals surface area contributed by atoms with Gasteiger partial charge in [-0.3, -0.25) is 14.9 Å². The van der Waals surface area contributed by atoms with Gasteiger partial charge < -0.3 is 10.1 Å². The summed E-state index contributed by atoms with van der Waals surface area (Å²) in [6, 6.07) is 12.1. The molecule has 3 rings (SSSR count). The van der Waals surface area contributed by atoms with Crippen molar-refractivity contribution in [3.8, 4) is 11.8 Å². The summed E-state index contributed by atoms with van der Waals surface area (Å²) in [5.41, 5.74) is -0.00540. The summed E-state index contributed by atoms with van der Waals surface area (Å²) in [5, 5.41) is 13.9. The fourth-order valence-electron chi connectivity index (χ4n) is 2.10. The number of aromatic nitrogens is 2. The minimum absolute atomic E-state index is 0.0857. The number of rotatable bonds is 5. The van der Waals surface area contributed by atoms with Crippen LogP contribution in [0.1, 0.15) is 10.4 Å². The van der Waals surface area contributed by atoms with E-state index in [1.54, 1.807) is 42.7 Å². The number of amides is 1. The van der Waals surface area contributed by atoms with Crippen molar-refractivity contribution in [1.29, 1.82) is 0 Å². The summed E-state index contributed by atoms with van der Waals surface area (Å²) in [6.07, 6.45) is 3.10. The third kappa shape index (κ3) is 4.11. The number of nitro benzene ring substituents is 1. The molecule has 1 amide bonds. The number of ether oxygens (including phenoxy) is 1. The number of nitrogens with zero attached hydrogens (tertiary/aromatic N) is 3. The predicted octanol–water partition coefficient (Wildman–Crippen LogP) is 4.08. The molecule has 0 unspecified atom stereocenters. The van der Waals surface area contributed by atoms with Crippen molar-refractivity contribution in [1.82, 2.24) is 9.97 Å². The number of hydrogen-bond donors (Lipinski definition) is 1. The molecule has 0 spiro atoms. The van der Waals surface area contributed by atoms with Crippen molar-refractivity contribution >= 4 is 28.9 Å². The Bertz CT molecular complexity index is 949. The Morgan fingerprint density at radius 3 is 2.46 bits per heavy atom. The normalized spacial score (nSPS) is 10.2. The van der Waals surface area contributed by atoms with Crippen LogP contribution in [0.15, 0.2) is 60.9 Å². The number of halogens is 1. The number of carbonyl (C=O) groups is 1. The minimum Gasteiger partial charge on any atom is -0.424 e. The third-order valence-corrected chi connectivity index (χ3v) is 3.50. The van der Waals surface area contributed by atoms with Gasteiger partial charge >= 0.3 is 6.01 Å². The fourth-order valence-corrected chi connectivity index (χ4v) is 2.26. The molecule has 9 heteroatoms. The molecular formula is C17H11ClN4O4. The molecule has 0 atom stereocenters. The van der Waals surface area contributed by atoms with Gasteiger partial charge in [-0.25, -0.2) is 9.97 Å². The molecule has 0 saturated carbocycles. The summed E-state index contributed by atoms with van der Waals surface area (Å²) >= 11 is 5.75. The average Bonchev–Trinajstić information content (AvgIpc) is 2.64. The van der Waals surface area contributed by atoms with Gasteiger partial charge in [0.25, 0.3) is 11.6 Å². The minimum atomic E-state index is -0.655. The van der Waals surface area contributed by atoms with Crippen molar-refractivity contribution in [2.24, 2.45) is 0 Å². The molecule has 26 heavy (non-hydrogen) atoms. The molecule has 8 nitrogen and oxygen atoms in total. The summed E-state index contributed by atoms with van der Waals surface area (Å²) in [6.45, 7) is 0. The number of hydrogen-bond acceptors (Lipinski definition) is 6. The zero-order valence-corrected chi connectivity index (χ0v) is 13.9. The van der Waals surface area contributed by atoms with Crippen LogP contribution in [0.2, 0.25) is 5.02 Å². The van der Waals surface area contributed by atoms with E-state index in [1.165, 1.54) is 12.1 Å². The third-order valence-electron chi connectivity index (χ3n) is 3.26. The van der Waals surface area contributed by atoms with Crippen molar-refractivity contribution in [2.75, 3.05) is 5.32 Å². The molecule has 0 fully saturated rings. The van der Waals surface area contributed by atoms with E-state index in [1.807, 2.05) is 0 Å². The van der Waals surface area contributed by atoms with E-state index in [4.69, 9.17) is 16.3 Å². The standard InChI is InChI=1S/C17H11ClN4O4/c18-11-2-7-14(15(10-11)22(24)25)16(23)21-12-3-5-13(6-4-12)26-17-19-8-1-9-20-17/h1-10H,(H,21,23). The summed E-state index contributed by atoms with van der Waals surface area (Å²) in [4.78, 5) is 30.6. The van der Waals surface area contributed by atoms with Crippen LogP contribution in [0.4, 0.5) is 11.4 Å². The van der Waals surface area contributed by atoms with Gasteiger partial charge in [-0.2, -0.15) is 0 Å². The maximum atomic E-state index is 12.3. The Balaban J connectivity index is 1.73. The first-order chi connectivity index (χ1) is 12.5. The number of anilines is 1. The van der Waals surface area contributed by atoms with Gasteiger partial charge in [0.2, 0.25) is 0 Å². The van der Waals surface area contributed by atoms with Crippen LogP contribution in [0, 0.1) is 10.1 Å².